The average Bonchev–Trinajstić information content (AvgIpc) is 3.50. The fourth-order valence-electron chi connectivity index (χ4n) is 4.27. The van der Waals surface area contributed by atoms with E-state index in [0.717, 1.165) is 62.6 Å². The molecular formula is C23H25N5O4. The van der Waals surface area contributed by atoms with Gasteiger partial charge in [-0.25, -0.2) is 9.78 Å². The molecule has 166 valence electrons. The lowest BCUT2D eigenvalue weighted by atomic mass is 10.1. The molecule has 0 amide bonds. The Kier molecular flexibility index (Phi) is 5.83. The van der Waals surface area contributed by atoms with Gasteiger partial charge in [-0.2, -0.15) is 4.98 Å². The van der Waals surface area contributed by atoms with Crippen molar-refractivity contribution in [2.75, 3.05) is 37.7 Å². The maximum Gasteiger partial charge on any atom is 0.335 e. The van der Waals surface area contributed by atoms with Crippen LogP contribution in [0.4, 0.5) is 5.82 Å². The molecule has 0 saturated carbocycles. The number of aromatic nitrogens is 3. The zero-order valence-corrected chi connectivity index (χ0v) is 17.7. The summed E-state index contributed by atoms with van der Waals surface area (Å²) in [4.78, 5) is 24.8. The summed E-state index contributed by atoms with van der Waals surface area (Å²) in [7, 11) is 0. The highest BCUT2D eigenvalue weighted by Crippen LogP contribution is 2.33. The molecule has 1 atom stereocenters. The largest absolute Gasteiger partial charge is 0.478 e. The van der Waals surface area contributed by atoms with Crippen LogP contribution in [0.2, 0.25) is 0 Å². The molecule has 2 aliphatic rings. The quantitative estimate of drug-likeness (QED) is 0.625. The Morgan fingerprint density at radius 1 is 1.09 bits per heavy atom. The number of benzene rings is 1. The van der Waals surface area contributed by atoms with Gasteiger partial charge in [-0.15, -0.1) is 0 Å². The second kappa shape index (κ2) is 9.05. The molecule has 9 heteroatoms. The van der Waals surface area contributed by atoms with Crippen LogP contribution in [-0.2, 0) is 11.3 Å². The summed E-state index contributed by atoms with van der Waals surface area (Å²) in [5.74, 6) is 1.16. The number of hydrogen-bond donors (Lipinski definition) is 1. The van der Waals surface area contributed by atoms with E-state index in [2.05, 4.69) is 24.9 Å². The number of anilines is 1. The van der Waals surface area contributed by atoms with Gasteiger partial charge in [0.2, 0.25) is 11.7 Å². The van der Waals surface area contributed by atoms with Gasteiger partial charge in [-0.05, 0) is 49.2 Å². The molecule has 1 N–H and O–H groups in total. The number of aromatic carboxylic acids is 1. The van der Waals surface area contributed by atoms with Crippen molar-refractivity contribution < 1.29 is 19.2 Å². The summed E-state index contributed by atoms with van der Waals surface area (Å²) in [6, 6.07) is 11.0. The van der Waals surface area contributed by atoms with E-state index in [9.17, 15) is 4.79 Å². The van der Waals surface area contributed by atoms with Crippen molar-refractivity contribution in [3.63, 3.8) is 0 Å². The van der Waals surface area contributed by atoms with Crippen molar-refractivity contribution >= 4 is 11.8 Å². The smallest absolute Gasteiger partial charge is 0.335 e. The number of hydrogen-bond acceptors (Lipinski definition) is 8. The maximum absolute atomic E-state index is 11.1. The predicted octanol–water partition coefficient (Wildman–Crippen LogP) is 3.00. The minimum atomic E-state index is -0.915. The van der Waals surface area contributed by atoms with Crippen molar-refractivity contribution in [3.05, 3.63) is 59.6 Å². The number of ether oxygens (including phenoxy) is 1. The molecule has 5 rings (SSSR count). The standard InChI is InChI=1S/C23H25N5O4/c29-23(30)17-5-3-16(4-6-17)15-28-9-1-2-19(28)22-25-21(26-32-22)18-7-8-20(24-14-18)27-10-12-31-13-11-27/h3-8,14,19H,1-2,9-13,15H2,(H,29,30)/t19-/m0/s1. The third-order valence-electron chi connectivity index (χ3n) is 6.02. The van der Waals surface area contributed by atoms with Gasteiger partial charge in [-0.3, -0.25) is 4.90 Å². The van der Waals surface area contributed by atoms with Crippen LogP contribution in [0, 0.1) is 0 Å². The minimum Gasteiger partial charge on any atom is -0.478 e. The van der Waals surface area contributed by atoms with Crippen LogP contribution >= 0.6 is 0 Å². The van der Waals surface area contributed by atoms with E-state index in [4.69, 9.17) is 14.4 Å². The van der Waals surface area contributed by atoms with Gasteiger partial charge >= 0.3 is 5.97 Å². The fraction of sp³-hybridized carbons (Fsp3) is 0.391. The van der Waals surface area contributed by atoms with Crippen molar-refractivity contribution in [2.24, 2.45) is 0 Å². The second-order valence-electron chi connectivity index (χ2n) is 8.09. The summed E-state index contributed by atoms with van der Waals surface area (Å²) in [5.41, 5.74) is 2.18. The molecule has 2 fully saturated rings. The third kappa shape index (κ3) is 4.35. The van der Waals surface area contributed by atoms with E-state index >= 15 is 0 Å². The van der Waals surface area contributed by atoms with E-state index in [-0.39, 0.29) is 6.04 Å². The summed E-state index contributed by atoms with van der Waals surface area (Å²) in [6.07, 6.45) is 3.78. The molecule has 4 heterocycles. The molecule has 2 aliphatic heterocycles. The molecule has 1 aromatic carbocycles. The van der Waals surface area contributed by atoms with E-state index < -0.39 is 5.97 Å². The lowest BCUT2D eigenvalue weighted by Crippen LogP contribution is -2.36. The first-order valence-corrected chi connectivity index (χ1v) is 10.9. The molecular weight excluding hydrogens is 410 g/mol. The van der Waals surface area contributed by atoms with Gasteiger partial charge in [-0.1, -0.05) is 17.3 Å². The Morgan fingerprint density at radius 3 is 2.62 bits per heavy atom. The zero-order valence-electron chi connectivity index (χ0n) is 17.7. The summed E-state index contributed by atoms with van der Waals surface area (Å²) in [5, 5.41) is 13.3. The van der Waals surface area contributed by atoms with Crippen molar-refractivity contribution in [1.82, 2.24) is 20.0 Å². The Hall–Kier alpha value is -3.30. The Morgan fingerprint density at radius 2 is 1.91 bits per heavy atom. The van der Waals surface area contributed by atoms with Crippen LogP contribution < -0.4 is 4.90 Å². The van der Waals surface area contributed by atoms with Crippen LogP contribution in [0.1, 0.15) is 40.7 Å². The number of likely N-dealkylation sites (tertiary alicyclic amines) is 1. The molecule has 0 aliphatic carbocycles. The lowest BCUT2D eigenvalue weighted by Gasteiger charge is -2.27. The van der Waals surface area contributed by atoms with Crippen LogP contribution in [0.3, 0.4) is 0 Å². The summed E-state index contributed by atoms with van der Waals surface area (Å²) >= 11 is 0. The van der Waals surface area contributed by atoms with Gasteiger partial charge in [0.05, 0.1) is 24.8 Å². The number of rotatable bonds is 6. The van der Waals surface area contributed by atoms with Gasteiger partial charge in [0.1, 0.15) is 5.82 Å². The predicted molar refractivity (Wildman–Crippen MR) is 116 cm³/mol. The zero-order chi connectivity index (χ0) is 21.9. The van der Waals surface area contributed by atoms with Crippen molar-refractivity contribution in [3.8, 4) is 11.4 Å². The second-order valence-corrected chi connectivity index (χ2v) is 8.09. The molecule has 9 nitrogen and oxygen atoms in total. The first-order valence-electron chi connectivity index (χ1n) is 10.9. The van der Waals surface area contributed by atoms with E-state index in [1.807, 2.05) is 24.3 Å². The lowest BCUT2D eigenvalue weighted by molar-refractivity contribution is 0.0697. The van der Waals surface area contributed by atoms with Crippen molar-refractivity contribution in [1.29, 1.82) is 0 Å². The highest BCUT2D eigenvalue weighted by Gasteiger charge is 2.31. The number of carboxylic acid groups (broad SMARTS) is 1. The normalized spacial score (nSPS) is 19.4. The molecule has 0 spiro atoms. The van der Waals surface area contributed by atoms with Crippen LogP contribution in [0.25, 0.3) is 11.4 Å². The maximum atomic E-state index is 11.1. The average molecular weight is 435 g/mol. The third-order valence-corrected chi connectivity index (χ3v) is 6.02. The molecule has 2 saturated heterocycles. The van der Waals surface area contributed by atoms with Crippen LogP contribution in [0.5, 0.6) is 0 Å². The van der Waals surface area contributed by atoms with E-state index in [1.165, 1.54) is 0 Å². The highest BCUT2D eigenvalue weighted by molar-refractivity contribution is 5.87. The molecule has 32 heavy (non-hydrogen) atoms. The Bertz CT molecular complexity index is 1060. The minimum absolute atomic E-state index is 0.0518. The highest BCUT2D eigenvalue weighted by atomic mass is 16.5. The number of morpholine rings is 1. The molecule has 3 aromatic rings. The van der Waals surface area contributed by atoms with Gasteiger partial charge in [0, 0.05) is 31.4 Å². The van der Waals surface area contributed by atoms with Crippen molar-refractivity contribution in [2.45, 2.75) is 25.4 Å². The molecule has 0 bridgehead atoms. The van der Waals surface area contributed by atoms with Crippen LogP contribution in [0.15, 0.2) is 47.1 Å². The SMILES string of the molecule is O=C(O)c1ccc(CN2CCC[C@H]2c2nc(-c3ccc(N4CCOCC4)nc3)no2)cc1. The fourth-order valence-corrected chi connectivity index (χ4v) is 4.27. The number of carbonyl (C=O) groups is 1. The summed E-state index contributed by atoms with van der Waals surface area (Å²) < 4.78 is 11.0. The Labute approximate surface area is 185 Å². The van der Waals surface area contributed by atoms with E-state index in [0.29, 0.717) is 23.8 Å². The first-order chi connectivity index (χ1) is 15.7. The summed E-state index contributed by atoms with van der Waals surface area (Å²) in [6.45, 7) is 4.76. The molecule has 0 unspecified atom stereocenters. The monoisotopic (exact) mass is 435 g/mol. The number of pyridine rings is 1. The van der Waals surface area contributed by atoms with Crippen LogP contribution in [-0.4, -0.2) is 63.9 Å². The number of carboxylic acids is 1. The molecule has 2 aromatic heterocycles. The van der Waals surface area contributed by atoms with Gasteiger partial charge in [0.25, 0.3) is 0 Å². The first kappa shape index (κ1) is 20.6. The van der Waals surface area contributed by atoms with Gasteiger partial charge in [0.15, 0.2) is 0 Å². The van der Waals surface area contributed by atoms with Gasteiger partial charge < -0.3 is 19.3 Å². The number of nitrogens with zero attached hydrogens (tertiary/aromatic N) is 5. The molecule has 0 radical (unpaired) electrons. The topological polar surface area (TPSA) is 105 Å². The Balaban J connectivity index is 1.27. The van der Waals surface area contributed by atoms with E-state index in [1.54, 1.807) is 18.3 Å².